The number of carbonyl (C=O) groups is 1. The molecule has 4 heteroatoms. The van der Waals surface area contributed by atoms with Gasteiger partial charge in [0.2, 0.25) is 5.91 Å². The highest BCUT2D eigenvalue weighted by Crippen LogP contribution is 2.12. The molecule has 0 fully saturated rings. The molecule has 0 radical (unpaired) electrons. The highest BCUT2D eigenvalue weighted by molar-refractivity contribution is 5.92. The van der Waals surface area contributed by atoms with Gasteiger partial charge in [0.25, 0.3) is 0 Å². The van der Waals surface area contributed by atoms with Crippen molar-refractivity contribution in [3.05, 3.63) is 65.5 Å². The summed E-state index contributed by atoms with van der Waals surface area (Å²) in [6, 6.07) is 13.9. The number of amides is 1. The lowest BCUT2D eigenvalue weighted by Crippen LogP contribution is -2.15. The van der Waals surface area contributed by atoms with E-state index in [4.69, 9.17) is 0 Å². The number of hydrogen-bond acceptors (Lipinski definition) is 2. The zero-order valence-corrected chi connectivity index (χ0v) is 11.3. The van der Waals surface area contributed by atoms with Gasteiger partial charge < -0.3 is 10.6 Å². The fourth-order valence-corrected chi connectivity index (χ4v) is 1.98. The Labute approximate surface area is 117 Å². The molecule has 0 aliphatic rings. The molecule has 0 unspecified atom stereocenters. The number of nitrogens with one attached hydrogen (secondary N) is 2. The highest BCUT2D eigenvalue weighted by Gasteiger charge is 2.08. The molecule has 2 rings (SSSR count). The van der Waals surface area contributed by atoms with Gasteiger partial charge in [0.15, 0.2) is 0 Å². The summed E-state index contributed by atoms with van der Waals surface area (Å²) in [5, 5.41) is 5.83. The van der Waals surface area contributed by atoms with Gasteiger partial charge in [-0.05, 0) is 36.4 Å². The Morgan fingerprint density at radius 3 is 2.70 bits per heavy atom. The van der Waals surface area contributed by atoms with Crippen molar-refractivity contribution in [1.82, 2.24) is 5.32 Å². The van der Waals surface area contributed by atoms with Gasteiger partial charge in [-0.2, -0.15) is 0 Å². The first-order valence-electron chi connectivity index (χ1n) is 6.46. The summed E-state index contributed by atoms with van der Waals surface area (Å²) in [5.41, 5.74) is 2.20. The van der Waals surface area contributed by atoms with Crippen LogP contribution in [0.2, 0.25) is 0 Å². The van der Waals surface area contributed by atoms with Crippen LogP contribution >= 0.6 is 0 Å². The largest absolute Gasteiger partial charge is 0.326 e. The van der Waals surface area contributed by atoms with Gasteiger partial charge in [0, 0.05) is 12.2 Å². The molecule has 0 bridgehead atoms. The van der Waals surface area contributed by atoms with Crippen molar-refractivity contribution in [3.63, 3.8) is 0 Å². The second-order valence-corrected chi connectivity index (χ2v) is 4.55. The summed E-state index contributed by atoms with van der Waals surface area (Å²) >= 11 is 0. The van der Waals surface area contributed by atoms with E-state index in [-0.39, 0.29) is 18.1 Å². The Hall–Kier alpha value is -2.20. The SMILES string of the molecule is CNCc1cccc(NC(=O)Cc2ccccc2F)c1. The average molecular weight is 272 g/mol. The number of rotatable bonds is 5. The van der Waals surface area contributed by atoms with Crippen LogP contribution in [-0.2, 0) is 17.8 Å². The van der Waals surface area contributed by atoms with Crippen LogP contribution in [0.15, 0.2) is 48.5 Å². The van der Waals surface area contributed by atoms with E-state index in [1.165, 1.54) is 6.07 Å². The summed E-state index contributed by atoms with van der Waals surface area (Å²) in [6.07, 6.45) is 0.0307. The molecule has 1 amide bonds. The minimum atomic E-state index is -0.355. The molecule has 2 aromatic rings. The number of anilines is 1. The Morgan fingerprint density at radius 2 is 1.95 bits per heavy atom. The fourth-order valence-electron chi connectivity index (χ4n) is 1.98. The Kier molecular flexibility index (Phi) is 4.85. The average Bonchev–Trinajstić information content (AvgIpc) is 2.42. The maximum atomic E-state index is 13.5. The summed E-state index contributed by atoms with van der Waals surface area (Å²) in [5.74, 6) is -0.580. The van der Waals surface area contributed by atoms with Gasteiger partial charge >= 0.3 is 0 Å². The summed E-state index contributed by atoms with van der Waals surface area (Å²) in [6.45, 7) is 0.733. The Bertz CT molecular complexity index is 599. The predicted octanol–water partition coefficient (Wildman–Crippen LogP) is 2.73. The second-order valence-electron chi connectivity index (χ2n) is 4.55. The van der Waals surface area contributed by atoms with Crippen LogP contribution < -0.4 is 10.6 Å². The van der Waals surface area contributed by atoms with Crippen molar-refractivity contribution < 1.29 is 9.18 Å². The Balaban J connectivity index is 2.01. The van der Waals surface area contributed by atoms with Crippen molar-refractivity contribution in [2.45, 2.75) is 13.0 Å². The van der Waals surface area contributed by atoms with Gasteiger partial charge in [-0.3, -0.25) is 4.79 Å². The van der Waals surface area contributed by atoms with Gasteiger partial charge in [-0.25, -0.2) is 4.39 Å². The third-order valence-corrected chi connectivity index (χ3v) is 2.90. The van der Waals surface area contributed by atoms with Crippen LogP contribution in [0.3, 0.4) is 0 Å². The van der Waals surface area contributed by atoms with Gasteiger partial charge in [0.1, 0.15) is 5.82 Å². The molecule has 0 atom stereocenters. The first-order valence-corrected chi connectivity index (χ1v) is 6.46. The second kappa shape index (κ2) is 6.82. The van der Waals surface area contributed by atoms with E-state index in [1.807, 2.05) is 31.3 Å². The lowest BCUT2D eigenvalue weighted by Gasteiger charge is -2.08. The quantitative estimate of drug-likeness (QED) is 0.878. The van der Waals surface area contributed by atoms with E-state index in [0.29, 0.717) is 5.56 Å². The molecule has 0 saturated heterocycles. The normalized spacial score (nSPS) is 10.3. The smallest absolute Gasteiger partial charge is 0.228 e. The Morgan fingerprint density at radius 1 is 1.15 bits per heavy atom. The number of halogens is 1. The van der Waals surface area contributed by atoms with Gasteiger partial charge in [-0.1, -0.05) is 30.3 Å². The minimum absolute atomic E-state index is 0.0307. The van der Waals surface area contributed by atoms with Crippen LogP contribution in [0, 0.1) is 5.82 Å². The predicted molar refractivity (Wildman–Crippen MR) is 77.9 cm³/mol. The number of hydrogen-bond donors (Lipinski definition) is 2. The van der Waals surface area contributed by atoms with Crippen LogP contribution in [-0.4, -0.2) is 13.0 Å². The third-order valence-electron chi connectivity index (χ3n) is 2.90. The summed E-state index contributed by atoms with van der Waals surface area (Å²) < 4.78 is 13.5. The highest BCUT2D eigenvalue weighted by atomic mass is 19.1. The molecule has 0 aliphatic heterocycles. The molecule has 20 heavy (non-hydrogen) atoms. The molecule has 0 spiro atoms. The molecule has 3 nitrogen and oxygen atoms in total. The maximum Gasteiger partial charge on any atom is 0.228 e. The summed E-state index contributed by atoms with van der Waals surface area (Å²) in [4.78, 5) is 11.9. The van der Waals surface area contributed by atoms with E-state index in [0.717, 1.165) is 17.8 Å². The zero-order valence-electron chi connectivity index (χ0n) is 11.3. The standard InChI is InChI=1S/C16H17FN2O/c1-18-11-12-5-4-7-14(9-12)19-16(20)10-13-6-2-3-8-15(13)17/h2-9,18H,10-11H2,1H3,(H,19,20). The van der Waals surface area contributed by atoms with Crippen molar-refractivity contribution in [3.8, 4) is 0 Å². The van der Waals surface area contributed by atoms with E-state index in [1.54, 1.807) is 18.2 Å². The van der Waals surface area contributed by atoms with E-state index in [9.17, 15) is 9.18 Å². The zero-order chi connectivity index (χ0) is 14.4. The molecular formula is C16H17FN2O. The molecule has 0 aliphatic carbocycles. The van der Waals surface area contributed by atoms with Crippen molar-refractivity contribution in [2.24, 2.45) is 0 Å². The van der Waals surface area contributed by atoms with Gasteiger partial charge in [0.05, 0.1) is 6.42 Å². The van der Waals surface area contributed by atoms with E-state index < -0.39 is 0 Å². The molecule has 2 N–H and O–H groups in total. The van der Waals surface area contributed by atoms with Crippen LogP contribution in [0.25, 0.3) is 0 Å². The maximum absolute atomic E-state index is 13.5. The first kappa shape index (κ1) is 14.2. The topological polar surface area (TPSA) is 41.1 Å². The van der Waals surface area contributed by atoms with Gasteiger partial charge in [-0.15, -0.1) is 0 Å². The summed E-state index contributed by atoms with van der Waals surface area (Å²) in [7, 11) is 1.86. The molecule has 0 heterocycles. The van der Waals surface area contributed by atoms with Crippen molar-refractivity contribution in [1.29, 1.82) is 0 Å². The molecule has 104 valence electrons. The van der Waals surface area contributed by atoms with Crippen molar-refractivity contribution in [2.75, 3.05) is 12.4 Å². The minimum Gasteiger partial charge on any atom is -0.326 e. The van der Waals surface area contributed by atoms with E-state index in [2.05, 4.69) is 10.6 Å². The third kappa shape index (κ3) is 3.90. The van der Waals surface area contributed by atoms with E-state index >= 15 is 0 Å². The van der Waals surface area contributed by atoms with Crippen LogP contribution in [0.1, 0.15) is 11.1 Å². The fraction of sp³-hybridized carbons (Fsp3) is 0.188. The molecular weight excluding hydrogens is 255 g/mol. The first-order chi connectivity index (χ1) is 9.69. The van der Waals surface area contributed by atoms with Crippen molar-refractivity contribution >= 4 is 11.6 Å². The lowest BCUT2D eigenvalue weighted by molar-refractivity contribution is -0.115. The van der Waals surface area contributed by atoms with Crippen LogP contribution in [0.4, 0.5) is 10.1 Å². The molecule has 0 saturated carbocycles. The van der Waals surface area contributed by atoms with Crippen LogP contribution in [0.5, 0.6) is 0 Å². The lowest BCUT2D eigenvalue weighted by atomic mass is 10.1. The molecule has 0 aromatic heterocycles. The monoisotopic (exact) mass is 272 g/mol. The number of benzene rings is 2. The molecule has 2 aromatic carbocycles. The number of carbonyl (C=O) groups excluding carboxylic acids is 1.